The van der Waals surface area contributed by atoms with Gasteiger partial charge in [0.25, 0.3) is 17.3 Å². The topological polar surface area (TPSA) is 119 Å². The number of hydrogen-bond donors (Lipinski definition) is 0. The van der Waals surface area contributed by atoms with Gasteiger partial charge in [0.1, 0.15) is 0 Å². The van der Waals surface area contributed by atoms with E-state index in [1.807, 2.05) is 0 Å². The van der Waals surface area contributed by atoms with Gasteiger partial charge in [-0.1, -0.05) is 6.08 Å². The molecule has 0 saturated heterocycles. The van der Waals surface area contributed by atoms with Gasteiger partial charge in [-0.3, -0.25) is 29.9 Å². The predicted molar refractivity (Wildman–Crippen MR) is 109 cm³/mol. The molecule has 0 fully saturated rings. The van der Waals surface area contributed by atoms with E-state index in [9.17, 15) is 25.0 Å². The van der Waals surface area contributed by atoms with Crippen molar-refractivity contribution in [1.82, 2.24) is 4.98 Å². The molecule has 0 N–H and O–H groups in total. The molecular weight excluding hydrogens is 396 g/mol. The van der Waals surface area contributed by atoms with Gasteiger partial charge in [0.2, 0.25) is 0 Å². The SMILES string of the molecule is C=CCN(C(=O)c1ccc([N+](=O)[O-])cc1)c1nc(-c2ccc([N+](=O)[O-])cc2)cs1. The van der Waals surface area contributed by atoms with E-state index in [1.165, 1.54) is 52.6 Å². The van der Waals surface area contributed by atoms with Gasteiger partial charge < -0.3 is 0 Å². The molecular formula is C19H14N4O5S. The number of benzene rings is 2. The van der Waals surface area contributed by atoms with Crippen molar-refractivity contribution in [1.29, 1.82) is 0 Å². The van der Waals surface area contributed by atoms with E-state index in [0.29, 0.717) is 16.4 Å². The summed E-state index contributed by atoms with van der Waals surface area (Å²) in [4.78, 5) is 39.3. The van der Waals surface area contributed by atoms with Crippen LogP contribution in [0.5, 0.6) is 0 Å². The average Bonchev–Trinajstić information content (AvgIpc) is 3.21. The lowest BCUT2D eigenvalue weighted by Crippen LogP contribution is -2.30. The Kier molecular flexibility index (Phi) is 5.74. The number of carbonyl (C=O) groups is 1. The van der Waals surface area contributed by atoms with E-state index in [2.05, 4.69) is 11.6 Å². The quantitative estimate of drug-likeness (QED) is 0.322. The van der Waals surface area contributed by atoms with Crippen LogP contribution in [0.2, 0.25) is 0 Å². The van der Waals surface area contributed by atoms with E-state index < -0.39 is 9.85 Å². The molecule has 0 atom stereocenters. The number of thiazole rings is 1. The molecule has 0 aliphatic rings. The van der Waals surface area contributed by atoms with Crippen molar-refractivity contribution >= 4 is 33.8 Å². The molecule has 29 heavy (non-hydrogen) atoms. The van der Waals surface area contributed by atoms with Crippen LogP contribution in [-0.4, -0.2) is 27.3 Å². The molecule has 146 valence electrons. The van der Waals surface area contributed by atoms with Crippen molar-refractivity contribution in [3.05, 3.63) is 92.4 Å². The molecule has 1 aromatic heterocycles. The fourth-order valence-corrected chi connectivity index (χ4v) is 3.37. The summed E-state index contributed by atoms with van der Waals surface area (Å²) in [6.45, 7) is 3.86. The summed E-state index contributed by atoms with van der Waals surface area (Å²) < 4.78 is 0. The molecule has 0 unspecified atom stereocenters. The first kappa shape index (κ1) is 19.8. The average molecular weight is 410 g/mol. The van der Waals surface area contributed by atoms with E-state index in [1.54, 1.807) is 23.6 Å². The first-order valence-corrected chi connectivity index (χ1v) is 9.16. The number of hydrogen-bond acceptors (Lipinski definition) is 7. The zero-order chi connectivity index (χ0) is 21.0. The number of amides is 1. The Bertz CT molecular complexity index is 1080. The largest absolute Gasteiger partial charge is 0.280 e. The summed E-state index contributed by atoms with van der Waals surface area (Å²) in [7, 11) is 0. The van der Waals surface area contributed by atoms with Gasteiger partial charge in [0.05, 0.1) is 15.5 Å². The number of nitro groups is 2. The lowest BCUT2D eigenvalue weighted by molar-refractivity contribution is -0.385. The molecule has 2 aromatic carbocycles. The third-order valence-electron chi connectivity index (χ3n) is 3.98. The maximum absolute atomic E-state index is 12.9. The Morgan fingerprint density at radius 3 is 2.10 bits per heavy atom. The zero-order valence-corrected chi connectivity index (χ0v) is 15.7. The fraction of sp³-hybridized carbons (Fsp3) is 0.0526. The highest BCUT2D eigenvalue weighted by Crippen LogP contribution is 2.29. The molecule has 1 heterocycles. The van der Waals surface area contributed by atoms with Crippen molar-refractivity contribution in [2.75, 3.05) is 11.4 Å². The third kappa shape index (κ3) is 4.33. The van der Waals surface area contributed by atoms with Crippen LogP contribution in [0.1, 0.15) is 10.4 Å². The van der Waals surface area contributed by atoms with Gasteiger partial charge in [-0.2, -0.15) is 0 Å². The second kappa shape index (κ2) is 8.40. The van der Waals surface area contributed by atoms with Crippen molar-refractivity contribution in [2.24, 2.45) is 0 Å². The van der Waals surface area contributed by atoms with Crippen LogP contribution < -0.4 is 4.90 Å². The van der Waals surface area contributed by atoms with E-state index in [-0.39, 0.29) is 29.4 Å². The standard InChI is InChI=1S/C19H14N4O5S/c1-2-11-21(18(24)14-5-9-16(10-6-14)23(27)28)19-20-17(12-29-19)13-3-7-15(8-4-13)22(25)26/h2-10,12H,1,11H2. The van der Waals surface area contributed by atoms with Crippen LogP contribution in [0.15, 0.2) is 66.6 Å². The minimum absolute atomic E-state index is 0.0224. The highest BCUT2D eigenvalue weighted by atomic mass is 32.1. The minimum Gasteiger partial charge on any atom is -0.280 e. The Balaban J connectivity index is 1.87. The van der Waals surface area contributed by atoms with Gasteiger partial charge >= 0.3 is 0 Å². The first-order valence-electron chi connectivity index (χ1n) is 8.28. The smallest absolute Gasteiger partial charge is 0.269 e. The lowest BCUT2D eigenvalue weighted by Gasteiger charge is -2.18. The number of nitrogens with zero attached hydrogens (tertiary/aromatic N) is 4. The molecule has 0 aliphatic carbocycles. The summed E-state index contributed by atoms with van der Waals surface area (Å²) >= 11 is 1.24. The summed E-state index contributed by atoms with van der Waals surface area (Å²) in [5.74, 6) is -0.371. The zero-order valence-electron chi connectivity index (χ0n) is 14.9. The van der Waals surface area contributed by atoms with Crippen LogP contribution in [-0.2, 0) is 0 Å². The van der Waals surface area contributed by atoms with Crippen LogP contribution >= 0.6 is 11.3 Å². The van der Waals surface area contributed by atoms with E-state index >= 15 is 0 Å². The molecule has 0 aliphatic heterocycles. The molecule has 1 amide bonds. The highest BCUT2D eigenvalue weighted by Gasteiger charge is 2.21. The summed E-state index contributed by atoms with van der Waals surface area (Å²) in [6.07, 6.45) is 1.55. The normalized spacial score (nSPS) is 10.3. The van der Waals surface area contributed by atoms with Gasteiger partial charge in [-0.25, -0.2) is 4.98 Å². The highest BCUT2D eigenvalue weighted by molar-refractivity contribution is 7.14. The third-order valence-corrected chi connectivity index (χ3v) is 4.84. The van der Waals surface area contributed by atoms with Crippen molar-refractivity contribution < 1.29 is 14.6 Å². The Labute approximate surface area is 168 Å². The summed E-state index contributed by atoms with van der Waals surface area (Å²) in [5.41, 5.74) is 1.41. The second-order valence-corrected chi connectivity index (χ2v) is 6.66. The number of aromatic nitrogens is 1. The molecule has 10 heteroatoms. The predicted octanol–water partition coefficient (Wildman–Crippen LogP) is 4.46. The van der Waals surface area contributed by atoms with Crippen molar-refractivity contribution in [2.45, 2.75) is 0 Å². The van der Waals surface area contributed by atoms with Crippen LogP contribution in [0.25, 0.3) is 11.3 Å². The van der Waals surface area contributed by atoms with Gasteiger partial charge in [0, 0.05) is 47.3 Å². The molecule has 9 nitrogen and oxygen atoms in total. The maximum Gasteiger partial charge on any atom is 0.269 e. The van der Waals surface area contributed by atoms with Gasteiger partial charge in [0.15, 0.2) is 5.13 Å². The van der Waals surface area contributed by atoms with Crippen molar-refractivity contribution in [3.8, 4) is 11.3 Å². The summed E-state index contributed by atoms with van der Waals surface area (Å²) in [6, 6.07) is 11.3. The van der Waals surface area contributed by atoms with Gasteiger partial charge in [-0.15, -0.1) is 17.9 Å². The Morgan fingerprint density at radius 1 is 1.03 bits per heavy atom. The van der Waals surface area contributed by atoms with E-state index in [0.717, 1.165) is 0 Å². The molecule has 0 bridgehead atoms. The second-order valence-electron chi connectivity index (χ2n) is 5.83. The number of nitro benzene ring substituents is 2. The summed E-state index contributed by atoms with van der Waals surface area (Å²) in [5, 5.41) is 23.7. The molecule has 0 radical (unpaired) electrons. The van der Waals surface area contributed by atoms with E-state index in [4.69, 9.17) is 0 Å². The van der Waals surface area contributed by atoms with Crippen molar-refractivity contribution in [3.63, 3.8) is 0 Å². The molecule has 3 aromatic rings. The fourth-order valence-electron chi connectivity index (χ4n) is 2.53. The number of carbonyl (C=O) groups excluding carboxylic acids is 1. The van der Waals surface area contributed by atoms with Crippen LogP contribution in [0.4, 0.5) is 16.5 Å². The van der Waals surface area contributed by atoms with Crippen LogP contribution in [0, 0.1) is 20.2 Å². The first-order chi connectivity index (χ1) is 13.9. The van der Waals surface area contributed by atoms with Gasteiger partial charge in [-0.05, 0) is 24.3 Å². The lowest BCUT2D eigenvalue weighted by atomic mass is 10.1. The Morgan fingerprint density at radius 2 is 1.59 bits per heavy atom. The minimum atomic E-state index is -0.535. The monoisotopic (exact) mass is 410 g/mol. The molecule has 0 saturated carbocycles. The molecule has 0 spiro atoms. The number of non-ortho nitro benzene ring substituents is 2. The maximum atomic E-state index is 12.9. The number of anilines is 1. The number of rotatable bonds is 7. The molecule has 3 rings (SSSR count). The van der Waals surface area contributed by atoms with Crippen LogP contribution in [0.3, 0.4) is 0 Å². The Hall–Kier alpha value is -3.92.